The van der Waals surface area contributed by atoms with Crippen LogP contribution in [0.2, 0.25) is 10.0 Å². The summed E-state index contributed by atoms with van der Waals surface area (Å²) < 4.78 is 0. The van der Waals surface area contributed by atoms with Crippen molar-refractivity contribution in [2.45, 2.75) is 6.42 Å². The summed E-state index contributed by atoms with van der Waals surface area (Å²) >= 11 is 11.6. The van der Waals surface area contributed by atoms with Crippen molar-refractivity contribution in [2.75, 3.05) is 25.0 Å². The van der Waals surface area contributed by atoms with Crippen LogP contribution in [0, 0.1) is 0 Å². The highest BCUT2D eigenvalue weighted by atomic mass is 35.5. The number of anilines is 1. The standard InChI is InChI=1S/C10H14Cl2N4O.ClH/c11-7-5-8(12)10(16-6-7)15-4-3-14-9(17)1-2-13;/h5-6H,1-4,13H2,(H,14,17)(H,15,16);1H. The number of hydrogen-bond donors (Lipinski definition) is 3. The van der Waals surface area contributed by atoms with Crippen LogP contribution in [0.25, 0.3) is 0 Å². The van der Waals surface area contributed by atoms with Crippen LogP contribution in [-0.2, 0) is 4.79 Å². The van der Waals surface area contributed by atoms with Crippen molar-refractivity contribution >= 4 is 47.3 Å². The molecule has 0 saturated carbocycles. The first kappa shape index (κ1) is 17.2. The summed E-state index contributed by atoms with van der Waals surface area (Å²) in [6, 6.07) is 1.60. The van der Waals surface area contributed by atoms with Crippen molar-refractivity contribution < 1.29 is 4.79 Å². The van der Waals surface area contributed by atoms with Gasteiger partial charge in [0.1, 0.15) is 5.82 Å². The molecule has 0 aliphatic rings. The third kappa shape index (κ3) is 6.26. The summed E-state index contributed by atoms with van der Waals surface area (Å²) in [6.07, 6.45) is 1.84. The van der Waals surface area contributed by atoms with Crippen LogP contribution >= 0.6 is 35.6 Å². The average molecular weight is 314 g/mol. The SMILES string of the molecule is Cl.NCCC(=O)NCCNc1ncc(Cl)cc1Cl. The second kappa shape index (κ2) is 9.22. The third-order valence-electron chi connectivity index (χ3n) is 1.92. The van der Waals surface area contributed by atoms with E-state index in [1.165, 1.54) is 6.20 Å². The van der Waals surface area contributed by atoms with Gasteiger partial charge in [0, 0.05) is 32.3 Å². The number of carbonyl (C=O) groups excluding carboxylic acids is 1. The Kier molecular flexibility index (Phi) is 8.83. The van der Waals surface area contributed by atoms with Gasteiger partial charge in [-0.2, -0.15) is 0 Å². The Morgan fingerprint density at radius 1 is 1.39 bits per heavy atom. The Labute approximate surface area is 122 Å². The molecule has 1 heterocycles. The fraction of sp³-hybridized carbons (Fsp3) is 0.400. The van der Waals surface area contributed by atoms with Gasteiger partial charge in [0.25, 0.3) is 0 Å². The highest BCUT2D eigenvalue weighted by Crippen LogP contribution is 2.21. The van der Waals surface area contributed by atoms with Gasteiger partial charge in [-0.05, 0) is 6.07 Å². The van der Waals surface area contributed by atoms with Crippen molar-refractivity contribution in [1.29, 1.82) is 0 Å². The molecule has 0 aliphatic heterocycles. The van der Waals surface area contributed by atoms with Crippen molar-refractivity contribution in [1.82, 2.24) is 10.3 Å². The maximum absolute atomic E-state index is 11.1. The maximum atomic E-state index is 11.1. The Hall–Kier alpha value is -0.750. The zero-order valence-electron chi connectivity index (χ0n) is 9.58. The summed E-state index contributed by atoms with van der Waals surface area (Å²) in [5.41, 5.74) is 5.24. The van der Waals surface area contributed by atoms with Crippen LogP contribution in [0.15, 0.2) is 12.3 Å². The van der Waals surface area contributed by atoms with Gasteiger partial charge in [-0.25, -0.2) is 4.98 Å². The first-order valence-electron chi connectivity index (χ1n) is 5.15. The predicted octanol–water partition coefficient (Wildman–Crippen LogP) is 1.69. The molecule has 4 N–H and O–H groups in total. The fourth-order valence-corrected chi connectivity index (χ4v) is 1.59. The van der Waals surface area contributed by atoms with Crippen LogP contribution in [0.3, 0.4) is 0 Å². The second-order valence-corrected chi connectivity index (χ2v) is 4.14. The smallest absolute Gasteiger partial charge is 0.221 e. The maximum Gasteiger partial charge on any atom is 0.221 e. The number of nitrogens with zero attached hydrogens (tertiary/aromatic N) is 1. The summed E-state index contributed by atoms with van der Waals surface area (Å²) in [5.74, 6) is 0.480. The first-order valence-corrected chi connectivity index (χ1v) is 5.90. The van der Waals surface area contributed by atoms with Gasteiger partial charge >= 0.3 is 0 Å². The molecule has 18 heavy (non-hydrogen) atoms. The van der Waals surface area contributed by atoms with Gasteiger partial charge in [0.05, 0.1) is 10.0 Å². The Balaban J connectivity index is 0.00000289. The molecule has 0 unspecified atom stereocenters. The van der Waals surface area contributed by atoms with Crippen molar-refractivity contribution in [3.05, 3.63) is 22.3 Å². The molecule has 8 heteroatoms. The van der Waals surface area contributed by atoms with E-state index in [-0.39, 0.29) is 18.3 Å². The summed E-state index contributed by atoms with van der Waals surface area (Å²) in [6.45, 7) is 1.37. The second-order valence-electron chi connectivity index (χ2n) is 3.30. The minimum Gasteiger partial charge on any atom is -0.367 e. The molecule has 0 bridgehead atoms. The molecule has 0 aliphatic carbocycles. The van der Waals surface area contributed by atoms with E-state index in [1.807, 2.05) is 0 Å². The molecule has 0 atom stereocenters. The Morgan fingerprint density at radius 3 is 2.72 bits per heavy atom. The van der Waals surface area contributed by atoms with Crippen LogP contribution in [0.5, 0.6) is 0 Å². The molecule has 1 aromatic rings. The molecule has 0 radical (unpaired) electrons. The quantitative estimate of drug-likeness (QED) is 0.698. The number of halogens is 3. The normalized spacial score (nSPS) is 9.50. The van der Waals surface area contributed by atoms with Crippen LogP contribution in [0.4, 0.5) is 5.82 Å². The number of nitrogens with one attached hydrogen (secondary N) is 2. The Bertz CT molecular complexity index is 389. The monoisotopic (exact) mass is 312 g/mol. The number of carbonyl (C=O) groups is 1. The lowest BCUT2D eigenvalue weighted by Gasteiger charge is -2.08. The molecular formula is C10H15Cl3N4O. The highest BCUT2D eigenvalue weighted by molar-refractivity contribution is 6.35. The lowest BCUT2D eigenvalue weighted by atomic mass is 10.4. The number of hydrogen-bond acceptors (Lipinski definition) is 4. The predicted molar refractivity (Wildman–Crippen MR) is 76.7 cm³/mol. The average Bonchev–Trinajstić information content (AvgIpc) is 2.27. The van der Waals surface area contributed by atoms with E-state index in [2.05, 4.69) is 15.6 Å². The highest BCUT2D eigenvalue weighted by Gasteiger charge is 2.02. The summed E-state index contributed by atoms with van der Waals surface area (Å²) in [5, 5.41) is 6.63. The molecule has 1 aromatic heterocycles. The number of pyridine rings is 1. The van der Waals surface area contributed by atoms with Gasteiger partial charge in [0.2, 0.25) is 5.91 Å². The number of nitrogens with two attached hydrogens (primary N) is 1. The van der Waals surface area contributed by atoms with E-state index in [0.29, 0.717) is 41.9 Å². The molecule has 5 nitrogen and oxygen atoms in total. The molecule has 0 aromatic carbocycles. The Morgan fingerprint density at radius 2 is 2.11 bits per heavy atom. The van der Waals surface area contributed by atoms with E-state index in [0.717, 1.165) is 0 Å². The minimum absolute atomic E-state index is 0. The molecule has 1 amide bonds. The third-order valence-corrected chi connectivity index (χ3v) is 2.41. The number of aromatic nitrogens is 1. The zero-order valence-corrected chi connectivity index (χ0v) is 11.9. The number of rotatable bonds is 6. The van der Waals surface area contributed by atoms with Crippen LogP contribution < -0.4 is 16.4 Å². The van der Waals surface area contributed by atoms with E-state index in [1.54, 1.807) is 6.07 Å². The molecular weight excluding hydrogens is 298 g/mol. The minimum atomic E-state index is -0.0653. The molecule has 102 valence electrons. The molecule has 1 rings (SSSR count). The molecule has 0 fully saturated rings. The van der Waals surface area contributed by atoms with Crippen molar-refractivity contribution in [3.63, 3.8) is 0 Å². The van der Waals surface area contributed by atoms with Gasteiger partial charge in [0.15, 0.2) is 0 Å². The van der Waals surface area contributed by atoms with Gasteiger partial charge < -0.3 is 16.4 Å². The van der Waals surface area contributed by atoms with Crippen molar-refractivity contribution in [2.24, 2.45) is 5.73 Å². The van der Waals surface area contributed by atoms with E-state index >= 15 is 0 Å². The van der Waals surface area contributed by atoms with Crippen molar-refractivity contribution in [3.8, 4) is 0 Å². The topological polar surface area (TPSA) is 80.0 Å². The van der Waals surface area contributed by atoms with Gasteiger partial charge in [-0.15, -0.1) is 12.4 Å². The van der Waals surface area contributed by atoms with E-state index < -0.39 is 0 Å². The summed E-state index contributed by atoms with van der Waals surface area (Å²) in [4.78, 5) is 15.1. The zero-order chi connectivity index (χ0) is 12.7. The first-order chi connectivity index (χ1) is 8.13. The largest absolute Gasteiger partial charge is 0.367 e. The molecule has 0 saturated heterocycles. The lowest BCUT2D eigenvalue weighted by molar-refractivity contribution is -0.120. The number of amides is 1. The van der Waals surface area contributed by atoms with Crippen LogP contribution in [0.1, 0.15) is 6.42 Å². The van der Waals surface area contributed by atoms with E-state index in [9.17, 15) is 4.79 Å². The lowest BCUT2D eigenvalue weighted by Crippen LogP contribution is -2.30. The van der Waals surface area contributed by atoms with Gasteiger partial charge in [-0.3, -0.25) is 4.79 Å². The molecule has 0 spiro atoms. The van der Waals surface area contributed by atoms with Crippen LogP contribution in [-0.4, -0.2) is 30.5 Å². The summed E-state index contributed by atoms with van der Waals surface area (Å²) in [7, 11) is 0. The van der Waals surface area contributed by atoms with E-state index in [4.69, 9.17) is 28.9 Å². The fourth-order valence-electron chi connectivity index (χ4n) is 1.15. The van der Waals surface area contributed by atoms with Gasteiger partial charge in [-0.1, -0.05) is 23.2 Å².